The van der Waals surface area contributed by atoms with Crippen molar-refractivity contribution < 1.29 is 4.74 Å². The van der Waals surface area contributed by atoms with E-state index in [9.17, 15) is 0 Å². The molecule has 106 valence electrons. The van der Waals surface area contributed by atoms with Gasteiger partial charge in [0, 0.05) is 18.8 Å². The third kappa shape index (κ3) is 2.69. The zero-order chi connectivity index (χ0) is 14.1. The van der Waals surface area contributed by atoms with Crippen LogP contribution in [0.3, 0.4) is 0 Å². The van der Waals surface area contributed by atoms with E-state index in [1.807, 2.05) is 36.5 Å². The van der Waals surface area contributed by atoms with Crippen LogP contribution in [-0.4, -0.2) is 17.6 Å². The molecule has 0 saturated carbocycles. The summed E-state index contributed by atoms with van der Waals surface area (Å²) >= 11 is 0. The van der Waals surface area contributed by atoms with Crippen LogP contribution in [0.5, 0.6) is 11.5 Å². The molecule has 2 heterocycles. The molecule has 1 saturated heterocycles. The summed E-state index contributed by atoms with van der Waals surface area (Å²) in [6.45, 7) is 1.11. The van der Waals surface area contributed by atoms with E-state index in [2.05, 4.69) is 22.4 Å². The fourth-order valence-corrected chi connectivity index (χ4v) is 3.24. The predicted molar refractivity (Wildman–Crippen MR) is 83.2 cm³/mol. The van der Waals surface area contributed by atoms with Gasteiger partial charge >= 0.3 is 0 Å². The van der Waals surface area contributed by atoms with Gasteiger partial charge in [0.1, 0.15) is 11.5 Å². The van der Waals surface area contributed by atoms with E-state index in [1.54, 1.807) is 6.20 Å². The maximum Gasteiger partial charge on any atom is 0.146 e. The Balaban J connectivity index is 1.58. The standard InChI is InChI=1S/C18H18N2O/c1-2-4-17(5-3-1)21-18-9-15(11-19-12-18)14-6-13-7-16(8-14)20-10-13/h1-6,9,11-13,16,20H,7-8,10H2. The smallest absolute Gasteiger partial charge is 0.146 e. The summed E-state index contributed by atoms with van der Waals surface area (Å²) in [5.74, 6) is 2.32. The van der Waals surface area contributed by atoms with Crippen molar-refractivity contribution in [2.24, 2.45) is 5.92 Å². The molecule has 1 aliphatic heterocycles. The molecule has 21 heavy (non-hydrogen) atoms. The zero-order valence-corrected chi connectivity index (χ0v) is 11.8. The van der Waals surface area contributed by atoms with Crippen LogP contribution in [-0.2, 0) is 0 Å². The van der Waals surface area contributed by atoms with Gasteiger partial charge in [0.15, 0.2) is 0 Å². The molecule has 1 aliphatic carbocycles. The minimum atomic E-state index is 0.633. The lowest BCUT2D eigenvalue weighted by molar-refractivity contribution is 0.480. The highest BCUT2D eigenvalue weighted by molar-refractivity contribution is 5.68. The third-order valence-electron chi connectivity index (χ3n) is 4.22. The summed E-state index contributed by atoms with van der Waals surface area (Å²) in [6, 6.07) is 12.6. The fraction of sp³-hybridized carbons (Fsp3) is 0.278. The number of hydrogen-bond acceptors (Lipinski definition) is 3. The van der Waals surface area contributed by atoms with Crippen LogP contribution in [0.2, 0.25) is 0 Å². The molecule has 0 amide bonds. The number of para-hydroxylation sites is 1. The van der Waals surface area contributed by atoms with E-state index in [1.165, 1.54) is 17.6 Å². The number of pyridine rings is 1. The summed E-state index contributed by atoms with van der Waals surface area (Å²) in [6.07, 6.45) is 8.48. The molecule has 0 spiro atoms. The molecule has 2 aliphatic rings. The Labute approximate surface area is 124 Å². The number of fused-ring (bicyclic) bond motifs is 2. The molecule has 3 heteroatoms. The van der Waals surface area contributed by atoms with E-state index in [4.69, 9.17) is 4.74 Å². The van der Waals surface area contributed by atoms with Gasteiger partial charge in [0.05, 0.1) is 6.20 Å². The second kappa shape index (κ2) is 5.34. The molecule has 2 bridgehead atoms. The van der Waals surface area contributed by atoms with Crippen molar-refractivity contribution in [1.29, 1.82) is 0 Å². The summed E-state index contributed by atoms with van der Waals surface area (Å²) in [5.41, 5.74) is 2.58. The van der Waals surface area contributed by atoms with Crippen LogP contribution in [0.4, 0.5) is 0 Å². The van der Waals surface area contributed by atoms with Crippen LogP contribution < -0.4 is 10.1 Å². The molecule has 4 rings (SSSR count). The van der Waals surface area contributed by atoms with E-state index in [0.717, 1.165) is 24.5 Å². The first kappa shape index (κ1) is 12.6. The lowest BCUT2D eigenvalue weighted by Crippen LogP contribution is -2.21. The molecule has 2 aromatic rings. The van der Waals surface area contributed by atoms with E-state index < -0.39 is 0 Å². The van der Waals surface area contributed by atoms with E-state index in [-0.39, 0.29) is 0 Å². The average molecular weight is 278 g/mol. The van der Waals surface area contributed by atoms with Gasteiger partial charge < -0.3 is 10.1 Å². The quantitative estimate of drug-likeness (QED) is 0.930. The number of aromatic nitrogens is 1. The molecule has 1 fully saturated rings. The van der Waals surface area contributed by atoms with Gasteiger partial charge in [-0.2, -0.15) is 0 Å². The van der Waals surface area contributed by atoms with Gasteiger partial charge in [0.2, 0.25) is 0 Å². The Kier molecular flexibility index (Phi) is 3.20. The predicted octanol–water partition coefficient (Wildman–Crippen LogP) is 3.64. The summed E-state index contributed by atoms with van der Waals surface area (Å²) in [7, 11) is 0. The van der Waals surface area contributed by atoms with Gasteiger partial charge in [-0.05, 0) is 48.1 Å². The Morgan fingerprint density at radius 1 is 1.10 bits per heavy atom. The van der Waals surface area contributed by atoms with Crippen molar-refractivity contribution in [3.8, 4) is 11.5 Å². The Hall–Kier alpha value is -2.13. The van der Waals surface area contributed by atoms with Crippen molar-refractivity contribution >= 4 is 5.57 Å². The first-order valence-electron chi connectivity index (χ1n) is 7.49. The van der Waals surface area contributed by atoms with Gasteiger partial charge in [-0.25, -0.2) is 0 Å². The van der Waals surface area contributed by atoms with Crippen LogP contribution in [0.25, 0.3) is 5.57 Å². The first-order valence-corrected chi connectivity index (χ1v) is 7.49. The normalized spacial score (nSPS) is 23.7. The molecule has 1 N–H and O–H groups in total. The lowest BCUT2D eigenvalue weighted by atomic mass is 9.88. The molecule has 2 atom stereocenters. The second-order valence-corrected chi connectivity index (χ2v) is 5.82. The number of rotatable bonds is 3. The number of hydrogen-bond donors (Lipinski definition) is 1. The van der Waals surface area contributed by atoms with Gasteiger partial charge in [-0.1, -0.05) is 24.3 Å². The highest BCUT2D eigenvalue weighted by atomic mass is 16.5. The third-order valence-corrected chi connectivity index (χ3v) is 4.22. The fourth-order valence-electron chi connectivity index (χ4n) is 3.24. The topological polar surface area (TPSA) is 34.1 Å². The maximum absolute atomic E-state index is 5.87. The van der Waals surface area contributed by atoms with Gasteiger partial charge in [-0.15, -0.1) is 0 Å². The highest BCUT2D eigenvalue weighted by Gasteiger charge is 2.28. The van der Waals surface area contributed by atoms with Crippen molar-refractivity contribution in [3.63, 3.8) is 0 Å². The van der Waals surface area contributed by atoms with Crippen LogP contribution in [0, 0.1) is 5.92 Å². The molecule has 2 unspecified atom stereocenters. The Morgan fingerprint density at radius 3 is 2.86 bits per heavy atom. The molecular formula is C18H18N2O. The van der Waals surface area contributed by atoms with Gasteiger partial charge in [0.25, 0.3) is 0 Å². The Morgan fingerprint density at radius 2 is 2.00 bits per heavy atom. The lowest BCUT2D eigenvalue weighted by Gasteiger charge is -2.19. The zero-order valence-electron chi connectivity index (χ0n) is 11.8. The van der Waals surface area contributed by atoms with Crippen molar-refractivity contribution in [2.75, 3.05) is 6.54 Å². The highest BCUT2D eigenvalue weighted by Crippen LogP contribution is 2.34. The van der Waals surface area contributed by atoms with Crippen LogP contribution >= 0.6 is 0 Å². The summed E-state index contributed by atoms with van der Waals surface area (Å²) < 4.78 is 5.87. The summed E-state index contributed by atoms with van der Waals surface area (Å²) in [5, 5.41) is 3.57. The molecule has 1 aromatic carbocycles. The van der Waals surface area contributed by atoms with Gasteiger partial charge in [-0.3, -0.25) is 4.98 Å². The Bertz CT molecular complexity index is 666. The number of nitrogens with one attached hydrogen (secondary N) is 1. The van der Waals surface area contributed by atoms with E-state index >= 15 is 0 Å². The van der Waals surface area contributed by atoms with Crippen molar-refractivity contribution in [3.05, 3.63) is 60.4 Å². The van der Waals surface area contributed by atoms with Crippen LogP contribution in [0.1, 0.15) is 18.4 Å². The number of benzene rings is 1. The largest absolute Gasteiger partial charge is 0.456 e. The van der Waals surface area contributed by atoms with Crippen molar-refractivity contribution in [1.82, 2.24) is 10.3 Å². The number of nitrogens with zero attached hydrogens (tertiary/aromatic N) is 1. The SMILES string of the molecule is C1=C(c2cncc(Oc3ccccc3)c2)CC2CC1CN2. The van der Waals surface area contributed by atoms with Crippen LogP contribution in [0.15, 0.2) is 54.9 Å². The molecule has 1 aromatic heterocycles. The second-order valence-electron chi connectivity index (χ2n) is 5.82. The first-order chi connectivity index (χ1) is 10.4. The van der Waals surface area contributed by atoms with E-state index in [0.29, 0.717) is 12.0 Å². The minimum Gasteiger partial charge on any atom is -0.456 e. The molecule has 3 nitrogen and oxygen atoms in total. The number of ether oxygens (including phenoxy) is 1. The minimum absolute atomic E-state index is 0.633. The monoisotopic (exact) mass is 278 g/mol. The maximum atomic E-state index is 5.87. The molecular weight excluding hydrogens is 260 g/mol. The molecule has 0 radical (unpaired) electrons. The summed E-state index contributed by atoms with van der Waals surface area (Å²) in [4.78, 5) is 4.34. The average Bonchev–Trinajstić information content (AvgIpc) is 2.87. The van der Waals surface area contributed by atoms with Crippen molar-refractivity contribution in [2.45, 2.75) is 18.9 Å².